The van der Waals surface area contributed by atoms with Gasteiger partial charge < -0.3 is 20.5 Å². The summed E-state index contributed by atoms with van der Waals surface area (Å²) in [4.78, 5) is 0. The first-order valence-electron chi connectivity index (χ1n) is 6.70. The Bertz CT molecular complexity index is 416. The quantitative estimate of drug-likeness (QED) is 0.832. The molecule has 1 atom stereocenters. The molecule has 0 amide bonds. The van der Waals surface area contributed by atoms with Gasteiger partial charge in [-0.15, -0.1) is 0 Å². The molecule has 1 aromatic carbocycles. The van der Waals surface area contributed by atoms with Crippen LogP contribution in [-0.2, 0) is 0 Å². The molecule has 3 rings (SSSR count). The minimum Gasteiger partial charge on any atom is -0.486 e. The lowest BCUT2D eigenvalue weighted by Crippen LogP contribution is -2.33. The first kappa shape index (κ1) is 11.8. The minimum atomic E-state index is 0.0999. The Balaban J connectivity index is 1.78. The highest BCUT2D eigenvalue weighted by Crippen LogP contribution is 2.35. The normalized spacial score (nSPS) is 21.6. The number of nitrogens with two attached hydrogens (primary N) is 1. The summed E-state index contributed by atoms with van der Waals surface area (Å²) in [5, 5.41) is 3.37. The zero-order valence-electron chi connectivity index (χ0n) is 10.5. The van der Waals surface area contributed by atoms with Crippen LogP contribution in [0.3, 0.4) is 0 Å². The van der Waals surface area contributed by atoms with Crippen LogP contribution in [0.25, 0.3) is 0 Å². The summed E-state index contributed by atoms with van der Waals surface area (Å²) in [6.45, 7) is 3.40. The lowest BCUT2D eigenvalue weighted by Gasteiger charge is -2.29. The van der Waals surface area contributed by atoms with Crippen molar-refractivity contribution >= 4 is 0 Å². The molecule has 98 valence electrons. The number of nitrogens with one attached hydrogen (secondary N) is 1. The highest BCUT2D eigenvalue weighted by Gasteiger charge is 2.23. The molecule has 1 saturated heterocycles. The Labute approximate surface area is 107 Å². The number of hydrogen-bond acceptors (Lipinski definition) is 4. The van der Waals surface area contributed by atoms with Crippen LogP contribution >= 0.6 is 0 Å². The Kier molecular flexibility index (Phi) is 3.39. The van der Waals surface area contributed by atoms with Gasteiger partial charge in [0.2, 0.25) is 0 Å². The summed E-state index contributed by atoms with van der Waals surface area (Å²) in [5.41, 5.74) is 7.54. The van der Waals surface area contributed by atoms with Gasteiger partial charge in [-0.05, 0) is 49.5 Å². The molecule has 3 N–H and O–H groups in total. The van der Waals surface area contributed by atoms with Crippen LogP contribution in [-0.4, -0.2) is 26.3 Å². The summed E-state index contributed by atoms with van der Waals surface area (Å²) in [6, 6.07) is 6.19. The smallest absolute Gasteiger partial charge is 0.161 e. The summed E-state index contributed by atoms with van der Waals surface area (Å²) in [7, 11) is 0. The molecule has 4 nitrogen and oxygen atoms in total. The van der Waals surface area contributed by atoms with Crippen molar-refractivity contribution in [3.63, 3.8) is 0 Å². The number of fused-ring (bicyclic) bond motifs is 1. The third kappa shape index (κ3) is 2.31. The van der Waals surface area contributed by atoms with E-state index in [0.717, 1.165) is 43.0 Å². The van der Waals surface area contributed by atoms with Gasteiger partial charge in [0.1, 0.15) is 13.2 Å². The Morgan fingerprint density at radius 3 is 2.61 bits per heavy atom. The molecule has 0 unspecified atom stereocenters. The SMILES string of the molecule is N[C@@H](c1ccc2c(c1)OCCO2)C1CCNCC1. The summed E-state index contributed by atoms with van der Waals surface area (Å²) < 4.78 is 11.1. The van der Waals surface area contributed by atoms with Gasteiger partial charge in [0.15, 0.2) is 11.5 Å². The van der Waals surface area contributed by atoms with Crippen molar-refractivity contribution < 1.29 is 9.47 Å². The topological polar surface area (TPSA) is 56.5 Å². The number of ether oxygens (including phenoxy) is 2. The summed E-state index contributed by atoms with van der Waals surface area (Å²) in [6.07, 6.45) is 2.30. The molecule has 2 heterocycles. The van der Waals surface area contributed by atoms with Gasteiger partial charge in [-0.25, -0.2) is 0 Å². The third-order valence-corrected chi connectivity index (χ3v) is 3.84. The maximum Gasteiger partial charge on any atom is 0.161 e. The average molecular weight is 248 g/mol. The van der Waals surface area contributed by atoms with Gasteiger partial charge in [0.25, 0.3) is 0 Å². The Morgan fingerprint density at radius 2 is 1.83 bits per heavy atom. The zero-order valence-corrected chi connectivity index (χ0v) is 10.5. The van der Waals surface area contributed by atoms with Gasteiger partial charge in [0, 0.05) is 6.04 Å². The standard InChI is InChI=1S/C14H20N2O2/c15-14(10-3-5-16-6-4-10)11-1-2-12-13(9-11)18-8-7-17-12/h1-2,9-10,14,16H,3-8,15H2/t14-/m1/s1. The second-order valence-corrected chi connectivity index (χ2v) is 5.02. The molecule has 4 heteroatoms. The van der Waals surface area contributed by atoms with Crippen molar-refractivity contribution in [2.75, 3.05) is 26.3 Å². The van der Waals surface area contributed by atoms with Crippen molar-refractivity contribution in [2.45, 2.75) is 18.9 Å². The largest absolute Gasteiger partial charge is 0.486 e. The van der Waals surface area contributed by atoms with Crippen LogP contribution in [0, 0.1) is 5.92 Å². The van der Waals surface area contributed by atoms with Crippen LogP contribution in [0.2, 0.25) is 0 Å². The zero-order chi connectivity index (χ0) is 12.4. The van der Waals surface area contributed by atoms with E-state index in [4.69, 9.17) is 15.2 Å². The predicted molar refractivity (Wildman–Crippen MR) is 70.0 cm³/mol. The molecule has 1 aromatic rings. The highest BCUT2D eigenvalue weighted by atomic mass is 16.6. The van der Waals surface area contributed by atoms with Crippen LogP contribution in [0.15, 0.2) is 18.2 Å². The molecule has 2 aliphatic rings. The highest BCUT2D eigenvalue weighted by molar-refractivity contribution is 5.44. The molecule has 0 spiro atoms. The van der Waals surface area contributed by atoms with Crippen molar-refractivity contribution in [1.82, 2.24) is 5.32 Å². The van der Waals surface area contributed by atoms with Crippen molar-refractivity contribution in [3.8, 4) is 11.5 Å². The fraction of sp³-hybridized carbons (Fsp3) is 0.571. The Hall–Kier alpha value is -1.26. The van der Waals surface area contributed by atoms with E-state index in [1.165, 1.54) is 0 Å². The summed E-state index contributed by atoms with van der Waals surface area (Å²) in [5.74, 6) is 2.24. The van der Waals surface area contributed by atoms with Crippen LogP contribution < -0.4 is 20.5 Å². The molecule has 18 heavy (non-hydrogen) atoms. The van der Waals surface area contributed by atoms with E-state index in [2.05, 4.69) is 11.4 Å². The minimum absolute atomic E-state index is 0.0999. The van der Waals surface area contributed by atoms with Gasteiger partial charge in [0.05, 0.1) is 0 Å². The molecule has 0 bridgehead atoms. The first-order chi connectivity index (χ1) is 8.84. The lowest BCUT2D eigenvalue weighted by atomic mass is 9.86. The van der Waals surface area contributed by atoms with Gasteiger partial charge >= 0.3 is 0 Å². The van der Waals surface area contributed by atoms with E-state index in [1.807, 2.05) is 12.1 Å². The maximum atomic E-state index is 6.38. The molecule has 0 saturated carbocycles. The van der Waals surface area contributed by atoms with E-state index in [9.17, 15) is 0 Å². The molecule has 2 aliphatic heterocycles. The van der Waals surface area contributed by atoms with Crippen molar-refractivity contribution in [3.05, 3.63) is 23.8 Å². The van der Waals surface area contributed by atoms with E-state index in [0.29, 0.717) is 19.1 Å². The fourth-order valence-electron chi connectivity index (χ4n) is 2.74. The van der Waals surface area contributed by atoms with Crippen molar-refractivity contribution in [2.24, 2.45) is 11.7 Å². The molecule has 1 fully saturated rings. The van der Waals surface area contributed by atoms with E-state index < -0.39 is 0 Å². The number of benzene rings is 1. The number of hydrogen-bond donors (Lipinski definition) is 2. The number of rotatable bonds is 2. The predicted octanol–water partition coefficient (Wildman–Crippen LogP) is 1.46. The van der Waals surface area contributed by atoms with Crippen LogP contribution in [0.5, 0.6) is 11.5 Å². The molecular weight excluding hydrogens is 228 g/mol. The fourth-order valence-corrected chi connectivity index (χ4v) is 2.74. The van der Waals surface area contributed by atoms with E-state index in [1.54, 1.807) is 0 Å². The molecule has 0 aliphatic carbocycles. The van der Waals surface area contributed by atoms with Gasteiger partial charge in [-0.2, -0.15) is 0 Å². The van der Waals surface area contributed by atoms with E-state index in [-0.39, 0.29) is 6.04 Å². The first-order valence-corrected chi connectivity index (χ1v) is 6.70. The average Bonchev–Trinajstić information content (AvgIpc) is 2.47. The van der Waals surface area contributed by atoms with E-state index >= 15 is 0 Å². The second-order valence-electron chi connectivity index (χ2n) is 5.02. The molecule has 0 aromatic heterocycles. The number of piperidine rings is 1. The second kappa shape index (κ2) is 5.16. The Morgan fingerprint density at radius 1 is 1.11 bits per heavy atom. The van der Waals surface area contributed by atoms with Gasteiger partial charge in [-0.1, -0.05) is 6.07 Å². The van der Waals surface area contributed by atoms with Crippen LogP contribution in [0.1, 0.15) is 24.4 Å². The van der Waals surface area contributed by atoms with Crippen LogP contribution in [0.4, 0.5) is 0 Å². The molecular formula is C14H20N2O2. The third-order valence-electron chi connectivity index (χ3n) is 3.84. The van der Waals surface area contributed by atoms with Crippen molar-refractivity contribution in [1.29, 1.82) is 0 Å². The van der Waals surface area contributed by atoms with Gasteiger partial charge in [-0.3, -0.25) is 0 Å². The summed E-state index contributed by atoms with van der Waals surface area (Å²) >= 11 is 0. The monoisotopic (exact) mass is 248 g/mol. The maximum absolute atomic E-state index is 6.38. The molecule has 0 radical (unpaired) electrons. The lowest BCUT2D eigenvalue weighted by molar-refractivity contribution is 0.171.